The molecule has 0 bridgehead atoms. The first kappa shape index (κ1) is 21.8. The molecule has 0 spiro atoms. The first-order valence-electron chi connectivity index (χ1n) is 9.06. The summed E-state index contributed by atoms with van der Waals surface area (Å²) in [6.07, 6.45) is 0. The van der Waals surface area contributed by atoms with Gasteiger partial charge in [0.25, 0.3) is 5.91 Å². The molecule has 0 saturated heterocycles. The van der Waals surface area contributed by atoms with Gasteiger partial charge in [-0.25, -0.2) is 9.18 Å². The summed E-state index contributed by atoms with van der Waals surface area (Å²) in [6, 6.07) is 13.1. The van der Waals surface area contributed by atoms with Crippen LogP contribution in [0.1, 0.15) is 37.3 Å². The van der Waals surface area contributed by atoms with E-state index in [-0.39, 0.29) is 28.6 Å². The van der Waals surface area contributed by atoms with Crippen molar-refractivity contribution < 1.29 is 28.3 Å². The molecule has 0 atom stereocenters. The van der Waals surface area contributed by atoms with Crippen molar-refractivity contribution in [3.8, 4) is 0 Å². The molecule has 0 saturated carbocycles. The number of rotatable bonds is 7. The molecule has 0 fully saturated rings. The Morgan fingerprint density at radius 1 is 0.968 bits per heavy atom. The van der Waals surface area contributed by atoms with E-state index in [1.165, 1.54) is 42.5 Å². The molecule has 31 heavy (non-hydrogen) atoms. The number of Topliss-reactive ketones (excluding diaryl/α,β-unsaturated/α-hetero) is 1. The Morgan fingerprint density at radius 3 is 2.42 bits per heavy atom. The highest BCUT2D eigenvalue weighted by Crippen LogP contribution is 2.17. The number of nitrogens with one attached hydrogen (secondary N) is 2. The summed E-state index contributed by atoms with van der Waals surface area (Å²) in [5.74, 6) is -3.06. The second-order valence-electron chi connectivity index (χ2n) is 6.39. The first-order chi connectivity index (χ1) is 14.8. The third kappa shape index (κ3) is 5.83. The number of amides is 2. The van der Waals surface area contributed by atoms with Gasteiger partial charge in [-0.15, -0.1) is 11.3 Å². The van der Waals surface area contributed by atoms with Gasteiger partial charge in [-0.3, -0.25) is 14.4 Å². The summed E-state index contributed by atoms with van der Waals surface area (Å²) in [5.41, 5.74) is 0.454. The van der Waals surface area contributed by atoms with E-state index in [1.807, 2.05) is 0 Å². The van der Waals surface area contributed by atoms with Gasteiger partial charge < -0.3 is 15.4 Å². The third-order valence-electron chi connectivity index (χ3n) is 4.03. The van der Waals surface area contributed by atoms with Gasteiger partial charge in [-0.05, 0) is 47.8 Å². The molecule has 1 aromatic heterocycles. The number of anilines is 2. The number of benzene rings is 2. The summed E-state index contributed by atoms with van der Waals surface area (Å²) in [4.78, 5) is 48.2. The largest absolute Gasteiger partial charge is 0.454 e. The van der Waals surface area contributed by atoms with Gasteiger partial charge in [0.05, 0.1) is 16.0 Å². The third-order valence-corrected chi connectivity index (χ3v) is 4.89. The Balaban J connectivity index is 1.61. The molecule has 0 aliphatic heterocycles. The molecule has 1 heterocycles. The van der Waals surface area contributed by atoms with E-state index in [4.69, 9.17) is 4.74 Å². The smallest absolute Gasteiger partial charge is 0.338 e. The Kier molecular flexibility index (Phi) is 6.88. The molecule has 2 aromatic carbocycles. The van der Waals surface area contributed by atoms with E-state index in [0.29, 0.717) is 10.6 Å². The number of carbonyl (C=O) groups excluding carboxylic acids is 4. The van der Waals surface area contributed by atoms with E-state index < -0.39 is 24.2 Å². The summed E-state index contributed by atoms with van der Waals surface area (Å²) in [6.45, 7) is 0.611. The number of hydrogen-bond donors (Lipinski definition) is 2. The molecule has 0 aliphatic carbocycles. The molecule has 2 amide bonds. The van der Waals surface area contributed by atoms with Crippen LogP contribution < -0.4 is 10.6 Å². The van der Waals surface area contributed by atoms with Crippen LogP contribution in [0.25, 0.3) is 0 Å². The van der Waals surface area contributed by atoms with Gasteiger partial charge in [-0.1, -0.05) is 12.1 Å². The highest BCUT2D eigenvalue weighted by molar-refractivity contribution is 7.12. The highest BCUT2D eigenvalue weighted by Gasteiger charge is 2.16. The molecule has 3 rings (SSSR count). The quantitative estimate of drug-likeness (QED) is 0.425. The Morgan fingerprint density at radius 2 is 1.74 bits per heavy atom. The van der Waals surface area contributed by atoms with Crippen molar-refractivity contribution in [2.24, 2.45) is 0 Å². The van der Waals surface area contributed by atoms with Gasteiger partial charge in [0.2, 0.25) is 11.7 Å². The molecule has 7 nitrogen and oxygen atoms in total. The lowest BCUT2D eigenvalue weighted by atomic mass is 10.1. The van der Waals surface area contributed by atoms with Crippen LogP contribution in [0.2, 0.25) is 0 Å². The average molecular weight is 440 g/mol. The molecule has 0 aliphatic rings. The lowest BCUT2D eigenvalue weighted by Gasteiger charge is -2.08. The molecular weight excluding hydrogens is 423 g/mol. The number of thiophene rings is 1. The average Bonchev–Trinajstić information content (AvgIpc) is 3.27. The lowest BCUT2D eigenvalue weighted by molar-refractivity contribution is -0.114. The van der Waals surface area contributed by atoms with E-state index in [2.05, 4.69) is 10.6 Å². The minimum absolute atomic E-state index is 0.123. The van der Waals surface area contributed by atoms with Gasteiger partial charge in [0.15, 0.2) is 6.61 Å². The van der Waals surface area contributed by atoms with Crippen LogP contribution in [0.15, 0.2) is 60.0 Å². The van der Waals surface area contributed by atoms with Crippen molar-refractivity contribution >= 4 is 46.3 Å². The molecule has 9 heteroatoms. The second kappa shape index (κ2) is 9.77. The van der Waals surface area contributed by atoms with Gasteiger partial charge >= 0.3 is 5.97 Å². The van der Waals surface area contributed by atoms with Gasteiger partial charge in [0.1, 0.15) is 5.82 Å². The minimum atomic E-state index is -0.842. The second-order valence-corrected chi connectivity index (χ2v) is 7.34. The Bertz CT molecular complexity index is 1140. The zero-order valence-electron chi connectivity index (χ0n) is 16.3. The van der Waals surface area contributed by atoms with E-state index >= 15 is 0 Å². The topological polar surface area (TPSA) is 102 Å². The maximum absolute atomic E-state index is 14.1. The summed E-state index contributed by atoms with van der Waals surface area (Å²) < 4.78 is 19.1. The van der Waals surface area contributed by atoms with Crippen molar-refractivity contribution in [1.82, 2.24) is 0 Å². The highest BCUT2D eigenvalue weighted by atomic mass is 32.1. The predicted octanol–water partition coefficient (Wildman–Crippen LogP) is 4.14. The number of hydrogen-bond acceptors (Lipinski definition) is 6. The van der Waals surface area contributed by atoms with Crippen LogP contribution in [-0.2, 0) is 9.53 Å². The normalized spacial score (nSPS) is 10.3. The van der Waals surface area contributed by atoms with Crippen LogP contribution in [0.5, 0.6) is 0 Å². The molecule has 158 valence electrons. The zero-order chi connectivity index (χ0) is 22.4. The SMILES string of the molecule is CC(=O)Nc1ccc(C(=O)COC(=O)c2cccc(NC(=O)c3cccs3)c2)c(F)c1. The number of ketones is 1. The lowest BCUT2D eigenvalue weighted by Crippen LogP contribution is -2.16. The van der Waals surface area contributed by atoms with Gasteiger partial charge in [-0.2, -0.15) is 0 Å². The standard InChI is InChI=1S/C22H17FN2O5S/c1-13(26)24-16-7-8-17(18(23)11-16)19(27)12-30-22(29)14-4-2-5-15(10-14)25-21(28)20-6-3-9-31-20/h2-11H,12H2,1H3,(H,24,26)(H,25,28). The van der Waals surface area contributed by atoms with Crippen LogP contribution >= 0.6 is 11.3 Å². The number of ether oxygens (including phenoxy) is 1. The maximum Gasteiger partial charge on any atom is 0.338 e. The van der Waals surface area contributed by atoms with Gasteiger partial charge in [0, 0.05) is 18.3 Å². The van der Waals surface area contributed by atoms with Crippen LogP contribution in [-0.4, -0.2) is 30.2 Å². The Labute approximate surface area is 180 Å². The van der Waals surface area contributed by atoms with Crippen molar-refractivity contribution in [2.75, 3.05) is 17.2 Å². The fourth-order valence-corrected chi connectivity index (χ4v) is 3.26. The van der Waals surface area contributed by atoms with Crippen LogP contribution in [0, 0.1) is 5.82 Å². The van der Waals surface area contributed by atoms with Crippen molar-refractivity contribution in [3.63, 3.8) is 0 Å². The summed E-state index contributed by atoms with van der Waals surface area (Å²) >= 11 is 1.28. The van der Waals surface area contributed by atoms with E-state index in [9.17, 15) is 23.6 Å². The van der Waals surface area contributed by atoms with Crippen LogP contribution in [0.4, 0.5) is 15.8 Å². The van der Waals surface area contributed by atoms with E-state index in [0.717, 1.165) is 6.07 Å². The van der Waals surface area contributed by atoms with Crippen molar-refractivity contribution in [2.45, 2.75) is 6.92 Å². The molecule has 0 radical (unpaired) electrons. The number of esters is 1. The van der Waals surface area contributed by atoms with Crippen molar-refractivity contribution in [1.29, 1.82) is 0 Å². The fraction of sp³-hybridized carbons (Fsp3) is 0.0909. The number of halogens is 1. The molecule has 0 unspecified atom stereocenters. The monoisotopic (exact) mass is 440 g/mol. The maximum atomic E-state index is 14.1. The van der Waals surface area contributed by atoms with Crippen molar-refractivity contribution in [3.05, 3.63) is 81.8 Å². The first-order valence-corrected chi connectivity index (χ1v) is 9.94. The summed E-state index contributed by atoms with van der Waals surface area (Å²) in [7, 11) is 0. The minimum Gasteiger partial charge on any atom is -0.454 e. The zero-order valence-corrected chi connectivity index (χ0v) is 17.1. The van der Waals surface area contributed by atoms with Crippen LogP contribution in [0.3, 0.4) is 0 Å². The van der Waals surface area contributed by atoms with E-state index in [1.54, 1.807) is 29.6 Å². The predicted molar refractivity (Wildman–Crippen MR) is 114 cm³/mol. The number of carbonyl (C=O) groups is 4. The summed E-state index contributed by atoms with van der Waals surface area (Å²) in [5, 5.41) is 6.85. The molecule has 3 aromatic rings. The molecular formula is C22H17FN2O5S. The fourth-order valence-electron chi connectivity index (χ4n) is 2.64. The Hall–Kier alpha value is -3.85. The molecule has 2 N–H and O–H groups in total.